The van der Waals surface area contributed by atoms with Crippen molar-refractivity contribution < 1.29 is 20.1 Å². The van der Waals surface area contributed by atoms with Crippen molar-refractivity contribution in [3.8, 4) is 0 Å². The Morgan fingerprint density at radius 1 is 1.23 bits per heavy atom. The number of unbranched alkanes of at least 4 members (excludes halogenated alkanes) is 1. The maximum atomic E-state index is 11.4. The lowest BCUT2D eigenvalue weighted by atomic mass is 9.87. The van der Waals surface area contributed by atoms with Gasteiger partial charge in [0.1, 0.15) is 0 Å². The van der Waals surface area contributed by atoms with Gasteiger partial charge in [-0.05, 0) is 67.9 Å². The smallest absolute Gasteiger partial charge is 0.335 e. The molecule has 3 rings (SSSR count). The Hall–Kier alpha value is -1.91. The van der Waals surface area contributed by atoms with E-state index in [9.17, 15) is 20.1 Å². The Morgan fingerprint density at radius 3 is 2.74 bits per heavy atom. The van der Waals surface area contributed by atoms with E-state index < -0.39 is 12.1 Å². The summed E-state index contributed by atoms with van der Waals surface area (Å²) in [6.45, 7) is 4.26. The van der Waals surface area contributed by atoms with Crippen molar-refractivity contribution in [2.75, 3.05) is 0 Å². The zero-order chi connectivity index (χ0) is 22.4. The molecule has 0 bridgehead atoms. The van der Waals surface area contributed by atoms with Gasteiger partial charge in [-0.2, -0.15) is 0 Å². The summed E-state index contributed by atoms with van der Waals surface area (Å²) in [5.74, 6) is 0.336. The number of aliphatic hydroxyl groups excluding tert-OH is 2. The average Bonchev–Trinajstić information content (AvgIpc) is 3.26. The Morgan fingerprint density at radius 2 is 2.00 bits per heavy atom. The SMILES string of the molecule is CCCCC(C)[C@H](O)C=C[C@H]1[C@H]2CC(CCCc3ccccc3C(=O)O)=C[C@H]2C[C@H]1O. The highest BCUT2D eigenvalue weighted by Crippen LogP contribution is 2.48. The van der Waals surface area contributed by atoms with Crippen LogP contribution in [0.2, 0.25) is 0 Å². The van der Waals surface area contributed by atoms with Crippen LogP contribution in [-0.2, 0) is 6.42 Å². The predicted molar refractivity (Wildman–Crippen MR) is 124 cm³/mol. The van der Waals surface area contributed by atoms with E-state index in [1.807, 2.05) is 18.2 Å². The highest BCUT2D eigenvalue weighted by atomic mass is 16.4. The molecule has 3 N–H and O–H groups in total. The van der Waals surface area contributed by atoms with Crippen molar-refractivity contribution >= 4 is 5.97 Å². The molecule has 170 valence electrons. The van der Waals surface area contributed by atoms with Gasteiger partial charge in [0.2, 0.25) is 0 Å². The first-order valence-electron chi connectivity index (χ1n) is 12.0. The third-order valence-corrected chi connectivity index (χ3v) is 7.27. The number of rotatable bonds is 11. The van der Waals surface area contributed by atoms with E-state index in [-0.39, 0.29) is 17.9 Å². The second-order valence-corrected chi connectivity index (χ2v) is 9.55. The topological polar surface area (TPSA) is 77.8 Å². The van der Waals surface area contributed by atoms with E-state index in [4.69, 9.17) is 0 Å². The first kappa shape index (κ1) is 23.7. The lowest BCUT2D eigenvalue weighted by molar-refractivity contribution is 0.0695. The summed E-state index contributed by atoms with van der Waals surface area (Å²) in [6.07, 6.45) is 13.3. The number of fused-ring (bicyclic) bond motifs is 1. The van der Waals surface area contributed by atoms with E-state index in [2.05, 4.69) is 26.0 Å². The number of aromatic carboxylic acids is 1. The summed E-state index contributed by atoms with van der Waals surface area (Å²) in [7, 11) is 0. The number of carboxylic acid groups (broad SMARTS) is 1. The summed E-state index contributed by atoms with van der Waals surface area (Å²) in [6, 6.07) is 7.25. The Kier molecular flexibility index (Phi) is 8.50. The van der Waals surface area contributed by atoms with Gasteiger partial charge in [-0.1, -0.05) is 68.7 Å². The second-order valence-electron chi connectivity index (χ2n) is 9.55. The number of hydrogen-bond donors (Lipinski definition) is 3. The monoisotopic (exact) mass is 426 g/mol. The maximum absolute atomic E-state index is 11.4. The number of aryl methyl sites for hydroxylation is 1. The molecule has 1 saturated carbocycles. The molecule has 6 atom stereocenters. The molecule has 4 nitrogen and oxygen atoms in total. The predicted octanol–water partition coefficient (Wildman–Crippen LogP) is 5.39. The van der Waals surface area contributed by atoms with Crippen LogP contribution in [0.4, 0.5) is 0 Å². The number of allylic oxidation sites excluding steroid dienone is 2. The van der Waals surface area contributed by atoms with E-state index in [1.165, 1.54) is 5.57 Å². The van der Waals surface area contributed by atoms with Crippen LogP contribution < -0.4 is 0 Å². The van der Waals surface area contributed by atoms with E-state index >= 15 is 0 Å². The fraction of sp³-hybridized carbons (Fsp3) is 0.593. The molecule has 2 aliphatic carbocycles. The number of aliphatic hydroxyl groups is 2. The van der Waals surface area contributed by atoms with Gasteiger partial charge in [0.15, 0.2) is 0 Å². The van der Waals surface area contributed by atoms with Gasteiger partial charge < -0.3 is 15.3 Å². The lowest BCUT2D eigenvalue weighted by Gasteiger charge is -2.20. The van der Waals surface area contributed by atoms with Crippen LogP contribution in [0.25, 0.3) is 0 Å². The van der Waals surface area contributed by atoms with Gasteiger partial charge in [0.05, 0.1) is 17.8 Å². The average molecular weight is 427 g/mol. The molecule has 31 heavy (non-hydrogen) atoms. The fourth-order valence-electron chi connectivity index (χ4n) is 5.37. The Labute approximate surface area is 186 Å². The van der Waals surface area contributed by atoms with Crippen LogP contribution in [0.5, 0.6) is 0 Å². The molecule has 0 amide bonds. The van der Waals surface area contributed by atoms with Crippen molar-refractivity contribution in [2.45, 2.75) is 77.4 Å². The van der Waals surface area contributed by atoms with Crippen LogP contribution in [0.15, 0.2) is 48.1 Å². The highest BCUT2D eigenvalue weighted by Gasteiger charge is 2.43. The van der Waals surface area contributed by atoms with E-state index in [1.54, 1.807) is 12.1 Å². The van der Waals surface area contributed by atoms with Gasteiger partial charge in [0.25, 0.3) is 0 Å². The first-order chi connectivity index (χ1) is 14.9. The molecule has 1 aromatic rings. The Bertz CT molecular complexity index is 796. The molecule has 2 aliphatic rings. The van der Waals surface area contributed by atoms with Gasteiger partial charge >= 0.3 is 5.97 Å². The second kappa shape index (κ2) is 11.1. The van der Waals surface area contributed by atoms with Gasteiger partial charge in [-0.3, -0.25) is 0 Å². The lowest BCUT2D eigenvalue weighted by Crippen LogP contribution is -2.20. The molecular formula is C27H38O4. The third-order valence-electron chi connectivity index (χ3n) is 7.27. The summed E-state index contributed by atoms with van der Waals surface area (Å²) >= 11 is 0. The molecule has 1 unspecified atom stereocenters. The van der Waals surface area contributed by atoms with Crippen molar-refractivity contribution in [1.29, 1.82) is 0 Å². The molecule has 0 radical (unpaired) electrons. The zero-order valence-corrected chi connectivity index (χ0v) is 18.9. The summed E-state index contributed by atoms with van der Waals surface area (Å²) < 4.78 is 0. The van der Waals surface area contributed by atoms with Crippen molar-refractivity contribution in [3.05, 3.63) is 59.2 Å². The van der Waals surface area contributed by atoms with Crippen molar-refractivity contribution in [1.82, 2.24) is 0 Å². The van der Waals surface area contributed by atoms with E-state index in [0.717, 1.165) is 56.9 Å². The van der Waals surface area contributed by atoms with Crippen molar-refractivity contribution in [2.24, 2.45) is 23.7 Å². The number of carboxylic acids is 1. The normalized spacial score (nSPS) is 27.3. The third kappa shape index (κ3) is 6.08. The summed E-state index contributed by atoms with van der Waals surface area (Å²) in [4.78, 5) is 11.4. The molecular weight excluding hydrogens is 388 g/mol. The highest BCUT2D eigenvalue weighted by molar-refractivity contribution is 5.89. The van der Waals surface area contributed by atoms with E-state index in [0.29, 0.717) is 17.4 Å². The molecule has 0 heterocycles. The quantitative estimate of drug-likeness (QED) is 0.414. The largest absolute Gasteiger partial charge is 0.478 e. The zero-order valence-electron chi connectivity index (χ0n) is 18.9. The number of carbonyl (C=O) groups is 1. The van der Waals surface area contributed by atoms with Crippen LogP contribution in [0.1, 0.15) is 74.7 Å². The maximum Gasteiger partial charge on any atom is 0.335 e. The summed E-state index contributed by atoms with van der Waals surface area (Å²) in [5.41, 5.74) is 2.74. The molecule has 0 aromatic heterocycles. The van der Waals surface area contributed by atoms with Crippen LogP contribution in [0, 0.1) is 23.7 Å². The van der Waals surface area contributed by atoms with Gasteiger partial charge in [0, 0.05) is 5.92 Å². The van der Waals surface area contributed by atoms with Crippen LogP contribution in [0.3, 0.4) is 0 Å². The minimum absolute atomic E-state index is 0.111. The van der Waals surface area contributed by atoms with Gasteiger partial charge in [-0.25, -0.2) is 4.79 Å². The Balaban J connectivity index is 1.52. The van der Waals surface area contributed by atoms with Crippen LogP contribution >= 0.6 is 0 Å². The number of hydrogen-bond acceptors (Lipinski definition) is 3. The van der Waals surface area contributed by atoms with Gasteiger partial charge in [-0.15, -0.1) is 0 Å². The molecule has 4 heteroatoms. The molecule has 1 fully saturated rings. The number of benzene rings is 1. The first-order valence-corrected chi connectivity index (χ1v) is 12.0. The standard InChI is InChI=1S/C27H38O4/c1-3-4-8-18(2)25(28)14-13-23-24-16-19(15-21(24)17-26(23)29)9-7-11-20-10-5-6-12-22(20)27(30)31/h5-6,10,12-15,18,21,23-26,28-29H,3-4,7-9,11,16-17H2,1-2H3,(H,30,31)/t18?,21-,23-,24-,25+,26+/m0/s1. The van der Waals surface area contributed by atoms with Crippen LogP contribution in [-0.4, -0.2) is 33.5 Å². The molecule has 0 saturated heterocycles. The minimum atomic E-state index is -0.861. The van der Waals surface area contributed by atoms with Crippen molar-refractivity contribution in [3.63, 3.8) is 0 Å². The fourth-order valence-corrected chi connectivity index (χ4v) is 5.37. The minimum Gasteiger partial charge on any atom is -0.478 e. The molecule has 0 aliphatic heterocycles. The summed E-state index contributed by atoms with van der Waals surface area (Å²) in [5, 5.41) is 30.4. The molecule has 1 aromatic carbocycles. The molecule has 0 spiro atoms.